The largest absolute Gasteiger partial charge is 0.497 e. The lowest BCUT2D eigenvalue weighted by atomic mass is 10.1. The first-order chi connectivity index (χ1) is 6.81. The molecule has 14 heavy (non-hydrogen) atoms. The van der Waals surface area contributed by atoms with Crippen molar-refractivity contribution >= 4 is 21.5 Å². The van der Waals surface area contributed by atoms with Crippen molar-refractivity contribution < 1.29 is 4.74 Å². The average molecular weight is 255 g/mol. The van der Waals surface area contributed by atoms with Gasteiger partial charge >= 0.3 is 0 Å². The van der Waals surface area contributed by atoms with Crippen LogP contribution in [0.4, 0.5) is 0 Å². The number of hydrogen-bond donors (Lipinski definition) is 0. The normalized spacial score (nSPS) is 11.5. The van der Waals surface area contributed by atoms with Crippen molar-refractivity contribution in [1.82, 2.24) is 0 Å². The van der Waals surface area contributed by atoms with Gasteiger partial charge in [0.25, 0.3) is 0 Å². The Morgan fingerprint density at radius 1 is 1.36 bits per heavy atom. The molecule has 0 saturated heterocycles. The van der Waals surface area contributed by atoms with E-state index in [1.54, 1.807) is 7.11 Å². The summed E-state index contributed by atoms with van der Waals surface area (Å²) in [6, 6.07) is 8.14. The molecule has 1 nitrogen and oxygen atoms in total. The Morgan fingerprint density at radius 3 is 2.43 bits per heavy atom. The van der Waals surface area contributed by atoms with Gasteiger partial charge in [-0.1, -0.05) is 41.1 Å². The summed E-state index contributed by atoms with van der Waals surface area (Å²) in [5.41, 5.74) is 2.58. The summed E-state index contributed by atoms with van der Waals surface area (Å²) in [7, 11) is 1.68. The van der Waals surface area contributed by atoms with Crippen molar-refractivity contribution in [3.05, 3.63) is 35.9 Å². The van der Waals surface area contributed by atoms with E-state index in [1.165, 1.54) is 11.1 Å². The van der Waals surface area contributed by atoms with Crippen LogP contribution in [-0.4, -0.2) is 12.4 Å². The van der Waals surface area contributed by atoms with E-state index in [0.717, 1.165) is 17.5 Å². The summed E-state index contributed by atoms with van der Waals surface area (Å²) < 4.78 is 5.11. The van der Waals surface area contributed by atoms with Gasteiger partial charge in [-0.15, -0.1) is 0 Å². The fourth-order valence-electron chi connectivity index (χ4n) is 1.30. The van der Waals surface area contributed by atoms with Crippen LogP contribution in [-0.2, 0) is 0 Å². The van der Waals surface area contributed by atoms with Gasteiger partial charge in [0.2, 0.25) is 0 Å². The molecule has 1 rings (SSSR count). The second-order valence-corrected chi connectivity index (χ2v) is 3.56. The lowest BCUT2D eigenvalue weighted by Gasteiger charge is -2.05. The van der Waals surface area contributed by atoms with Crippen molar-refractivity contribution in [2.75, 3.05) is 12.4 Å². The zero-order valence-corrected chi connectivity index (χ0v) is 10.2. The average Bonchev–Trinajstić information content (AvgIpc) is 2.26. The molecule has 0 bridgehead atoms. The van der Waals surface area contributed by atoms with Crippen LogP contribution in [0.3, 0.4) is 0 Å². The molecule has 1 aromatic carbocycles. The van der Waals surface area contributed by atoms with E-state index in [9.17, 15) is 0 Å². The van der Waals surface area contributed by atoms with Gasteiger partial charge in [0.1, 0.15) is 5.75 Å². The number of halogens is 1. The van der Waals surface area contributed by atoms with Crippen LogP contribution in [0.15, 0.2) is 30.3 Å². The molecule has 0 atom stereocenters. The highest BCUT2D eigenvalue weighted by Gasteiger charge is 1.99. The maximum atomic E-state index is 5.11. The fraction of sp³-hybridized carbons (Fsp3) is 0.333. The number of ether oxygens (including phenoxy) is 1. The molecule has 0 radical (unpaired) electrons. The molecule has 0 saturated carbocycles. The van der Waals surface area contributed by atoms with Crippen LogP contribution in [0.1, 0.15) is 18.9 Å². The number of allylic oxidation sites excluding steroid dienone is 2. The van der Waals surface area contributed by atoms with Crippen molar-refractivity contribution in [1.29, 1.82) is 0 Å². The highest BCUT2D eigenvalue weighted by Crippen LogP contribution is 2.20. The molecule has 0 aromatic heterocycles. The minimum absolute atomic E-state index is 0.896. The SMILES string of the molecule is CC/C=C(/CBr)c1ccc(OC)cc1. The summed E-state index contributed by atoms with van der Waals surface area (Å²) in [4.78, 5) is 0. The van der Waals surface area contributed by atoms with E-state index in [-0.39, 0.29) is 0 Å². The molecule has 0 heterocycles. The number of alkyl halides is 1. The van der Waals surface area contributed by atoms with Crippen LogP contribution >= 0.6 is 15.9 Å². The maximum Gasteiger partial charge on any atom is 0.118 e. The minimum atomic E-state index is 0.896. The van der Waals surface area contributed by atoms with Crippen molar-refractivity contribution in [2.45, 2.75) is 13.3 Å². The zero-order chi connectivity index (χ0) is 10.4. The fourth-order valence-corrected chi connectivity index (χ4v) is 1.85. The quantitative estimate of drug-likeness (QED) is 0.742. The smallest absolute Gasteiger partial charge is 0.118 e. The number of benzene rings is 1. The Hall–Kier alpha value is -0.760. The van der Waals surface area contributed by atoms with Crippen LogP contribution in [0.25, 0.3) is 5.57 Å². The van der Waals surface area contributed by atoms with Gasteiger partial charge in [-0.3, -0.25) is 0 Å². The van der Waals surface area contributed by atoms with Crippen LogP contribution in [0.2, 0.25) is 0 Å². The molecule has 0 amide bonds. The predicted molar refractivity (Wildman–Crippen MR) is 65.1 cm³/mol. The van der Waals surface area contributed by atoms with Crippen molar-refractivity contribution in [2.24, 2.45) is 0 Å². The zero-order valence-electron chi connectivity index (χ0n) is 8.59. The van der Waals surface area contributed by atoms with E-state index in [0.29, 0.717) is 0 Å². The third kappa shape index (κ3) is 2.88. The summed E-state index contributed by atoms with van der Waals surface area (Å²) >= 11 is 3.49. The molecule has 0 spiro atoms. The van der Waals surface area contributed by atoms with Gasteiger partial charge in [-0.25, -0.2) is 0 Å². The molecule has 0 N–H and O–H groups in total. The summed E-state index contributed by atoms with van der Waals surface area (Å²) in [6.45, 7) is 2.15. The molecule has 0 aliphatic carbocycles. The van der Waals surface area contributed by atoms with E-state index >= 15 is 0 Å². The first kappa shape index (κ1) is 11.3. The summed E-state index contributed by atoms with van der Waals surface area (Å²) in [5, 5.41) is 0.896. The maximum absolute atomic E-state index is 5.11. The van der Waals surface area contributed by atoms with Crippen molar-refractivity contribution in [3.63, 3.8) is 0 Å². The van der Waals surface area contributed by atoms with E-state index in [4.69, 9.17) is 4.74 Å². The van der Waals surface area contributed by atoms with Gasteiger partial charge in [0.15, 0.2) is 0 Å². The number of rotatable bonds is 4. The third-order valence-electron chi connectivity index (χ3n) is 2.06. The van der Waals surface area contributed by atoms with Gasteiger partial charge in [-0.2, -0.15) is 0 Å². The first-order valence-electron chi connectivity index (χ1n) is 4.71. The molecule has 0 aliphatic rings. The van der Waals surface area contributed by atoms with E-state index in [1.807, 2.05) is 12.1 Å². The lowest BCUT2D eigenvalue weighted by Crippen LogP contribution is -1.87. The lowest BCUT2D eigenvalue weighted by molar-refractivity contribution is 0.415. The standard InChI is InChI=1S/C12H15BrO/c1-3-4-11(9-13)10-5-7-12(14-2)8-6-10/h4-8H,3,9H2,1-2H3/b11-4-. The number of methoxy groups -OCH3 is 1. The van der Waals surface area contributed by atoms with Gasteiger partial charge in [0.05, 0.1) is 7.11 Å². The predicted octanol–water partition coefficient (Wildman–Crippen LogP) is 3.88. The van der Waals surface area contributed by atoms with Gasteiger partial charge < -0.3 is 4.74 Å². The highest BCUT2D eigenvalue weighted by molar-refractivity contribution is 9.09. The second-order valence-electron chi connectivity index (χ2n) is 3.00. The topological polar surface area (TPSA) is 9.23 Å². The molecule has 76 valence electrons. The molecule has 0 unspecified atom stereocenters. The van der Waals surface area contributed by atoms with Crippen molar-refractivity contribution in [3.8, 4) is 5.75 Å². The number of hydrogen-bond acceptors (Lipinski definition) is 1. The molecule has 1 aromatic rings. The summed E-state index contributed by atoms with van der Waals surface area (Å²) in [5.74, 6) is 0.902. The molecule has 0 aliphatic heterocycles. The molecular formula is C12H15BrO. The highest BCUT2D eigenvalue weighted by atomic mass is 79.9. The van der Waals surface area contributed by atoms with Gasteiger partial charge in [0, 0.05) is 5.33 Å². The molecule has 2 heteroatoms. The Morgan fingerprint density at radius 2 is 2.00 bits per heavy atom. The van der Waals surface area contributed by atoms with Crippen LogP contribution in [0, 0.1) is 0 Å². The van der Waals surface area contributed by atoms with Crippen LogP contribution in [0.5, 0.6) is 5.75 Å². The third-order valence-corrected chi connectivity index (χ3v) is 2.66. The Bertz CT molecular complexity index is 301. The Balaban J connectivity index is 2.89. The monoisotopic (exact) mass is 254 g/mol. The van der Waals surface area contributed by atoms with Gasteiger partial charge in [-0.05, 0) is 29.7 Å². The first-order valence-corrected chi connectivity index (χ1v) is 5.83. The minimum Gasteiger partial charge on any atom is -0.497 e. The Labute approximate surface area is 93.9 Å². The van der Waals surface area contributed by atoms with E-state index in [2.05, 4.69) is 41.1 Å². The Kier molecular flexibility index (Phi) is 4.74. The molecular weight excluding hydrogens is 240 g/mol. The van der Waals surface area contributed by atoms with E-state index < -0.39 is 0 Å². The summed E-state index contributed by atoms with van der Waals surface area (Å²) in [6.07, 6.45) is 3.30. The molecule has 0 fully saturated rings. The van der Waals surface area contributed by atoms with Crippen LogP contribution < -0.4 is 4.74 Å². The second kappa shape index (κ2) is 5.86.